The monoisotopic (exact) mass is 368 g/mol. The van der Waals surface area contributed by atoms with Gasteiger partial charge in [0.25, 0.3) is 11.8 Å². The quantitative estimate of drug-likeness (QED) is 0.823. The second-order valence-corrected chi connectivity index (χ2v) is 7.29. The minimum Gasteiger partial charge on any atom is -0.347 e. The van der Waals surface area contributed by atoms with Crippen molar-refractivity contribution in [3.05, 3.63) is 52.6 Å². The van der Waals surface area contributed by atoms with E-state index in [1.807, 2.05) is 49.6 Å². The van der Waals surface area contributed by atoms with Gasteiger partial charge in [0.15, 0.2) is 5.82 Å². The Hall–Kier alpha value is -2.63. The molecule has 0 bridgehead atoms. The molecule has 1 aromatic carbocycles. The van der Waals surface area contributed by atoms with Crippen LogP contribution in [0.2, 0.25) is 0 Å². The molecule has 2 heterocycles. The van der Waals surface area contributed by atoms with Gasteiger partial charge in [0.2, 0.25) is 0 Å². The van der Waals surface area contributed by atoms with E-state index in [-0.39, 0.29) is 17.9 Å². The van der Waals surface area contributed by atoms with Gasteiger partial charge in [0.1, 0.15) is 5.69 Å². The summed E-state index contributed by atoms with van der Waals surface area (Å²) in [5.41, 5.74) is 3.46. The third-order valence-electron chi connectivity index (χ3n) is 5.06. The van der Waals surface area contributed by atoms with Crippen molar-refractivity contribution in [2.45, 2.75) is 65.6 Å². The zero-order valence-electron chi connectivity index (χ0n) is 16.3. The molecule has 3 rings (SSSR count). The Morgan fingerprint density at radius 3 is 2.81 bits per heavy atom. The van der Waals surface area contributed by atoms with Gasteiger partial charge in [0, 0.05) is 19.1 Å². The first-order chi connectivity index (χ1) is 13.0. The Labute approximate surface area is 160 Å². The zero-order valence-corrected chi connectivity index (χ0v) is 16.3. The summed E-state index contributed by atoms with van der Waals surface area (Å²) in [6.07, 6.45) is 3.63. The molecule has 1 unspecified atom stereocenters. The molecule has 1 atom stereocenters. The summed E-state index contributed by atoms with van der Waals surface area (Å²) < 4.78 is 1.92. The average Bonchev–Trinajstić information content (AvgIpc) is 3.06. The maximum atomic E-state index is 12.8. The number of amides is 2. The van der Waals surface area contributed by atoms with Gasteiger partial charge in [-0.3, -0.25) is 9.59 Å². The lowest BCUT2D eigenvalue weighted by Crippen LogP contribution is -2.34. The number of hydrogen-bond acceptors (Lipinski definition) is 3. The Morgan fingerprint density at radius 2 is 2.07 bits per heavy atom. The molecule has 0 spiro atoms. The Kier molecular flexibility index (Phi) is 5.94. The highest BCUT2D eigenvalue weighted by atomic mass is 16.2. The van der Waals surface area contributed by atoms with Gasteiger partial charge >= 0.3 is 0 Å². The number of fused-ring (bicyclic) bond motifs is 1. The number of aromatic nitrogens is 2. The number of imidazole rings is 1. The Balaban J connectivity index is 1.80. The first-order valence-electron chi connectivity index (χ1n) is 9.73. The van der Waals surface area contributed by atoms with Crippen molar-refractivity contribution in [1.82, 2.24) is 20.2 Å². The van der Waals surface area contributed by atoms with E-state index >= 15 is 0 Å². The highest BCUT2D eigenvalue weighted by molar-refractivity contribution is 5.97. The molecule has 1 aliphatic heterocycles. The molecule has 2 aromatic rings. The number of nitrogens with one attached hydrogen (secondary N) is 2. The van der Waals surface area contributed by atoms with Gasteiger partial charge in [-0.05, 0) is 45.1 Å². The summed E-state index contributed by atoms with van der Waals surface area (Å²) in [5, 5.41) is 5.91. The van der Waals surface area contributed by atoms with E-state index in [0.29, 0.717) is 18.1 Å². The number of carbonyl (C=O) groups is 2. The van der Waals surface area contributed by atoms with Crippen LogP contribution in [0.25, 0.3) is 0 Å². The molecule has 6 nitrogen and oxygen atoms in total. The molecular formula is C21H28N4O2. The largest absolute Gasteiger partial charge is 0.347 e. The van der Waals surface area contributed by atoms with Crippen LogP contribution in [0, 0.1) is 6.92 Å². The topological polar surface area (TPSA) is 76.0 Å². The number of nitrogens with zero attached hydrogens (tertiary/aromatic N) is 2. The lowest BCUT2D eigenvalue weighted by molar-refractivity contribution is 0.0923. The fourth-order valence-corrected chi connectivity index (χ4v) is 3.38. The number of carbonyl (C=O) groups excluding carboxylic acids is 2. The number of aryl methyl sites for hydroxylation is 1. The number of rotatable bonds is 6. The molecule has 0 fully saturated rings. The summed E-state index contributed by atoms with van der Waals surface area (Å²) in [6, 6.07) is 8.12. The summed E-state index contributed by atoms with van der Waals surface area (Å²) in [5.74, 6) is -0.0688. The van der Waals surface area contributed by atoms with Crippen LogP contribution in [0.5, 0.6) is 0 Å². The predicted octanol–water partition coefficient (Wildman–Crippen LogP) is 2.99. The van der Waals surface area contributed by atoms with E-state index < -0.39 is 0 Å². The second kappa shape index (κ2) is 8.37. The van der Waals surface area contributed by atoms with Crippen molar-refractivity contribution in [1.29, 1.82) is 0 Å². The fraction of sp³-hybridized carbons (Fsp3) is 0.476. The normalized spacial score (nSPS) is 14.3. The SMILES string of the molecule is CCC(C)NC(=O)c1nc(C(=O)NCc2cccc(C)c2)c2n1CCCC2. The fourth-order valence-electron chi connectivity index (χ4n) is 3.38. The van der Waals surface area contributed by atoms with Crippen LogP contribution in [0.15, 0.2) is 24.3 Å². The van der Waals surface area contributed by atoms with E-state index in [9.17, 15) is 9.59 Å². The molecule has 27 heavy (non-hydrogen) atoms. The van der Waals surface area contributed by atoms with Crippen molar-refractivity contribution < 1.29 is 9.59 Å². The van der Waals surface area contributed by atoms with Crippen molar-refractivity contribution in [2.75, 3.05) is 0 Å². The number of benzene rings is 1. The van der Waals surface area contributed by atoms with E-state index in [0.717, 1.165) is 49.0 Å². The molecule has 1 aliphatic rings. The molecule has 0 saturated heterocycles. The number of hydrogen-bond donors (Lipinski definition) is 2. The standard InChI is InChI=1S/C21H28N4O2/c1-4-15(3)23-21(27)19-24-18(17-10-5-6-11-25(17)19)20(26)22-13-16-9-7-8-14(2)12-16/h7-9,12,15H,4-6,10-11,13H2,1-3H3,(H,22,26)(H,23,27). The molecule has 2 amide bonds. The first kappa shape index (κ1) is 19.1. The van der Waals surface area contributed by atoms with Gasteiger partial charge in [0.05, 0.1) is 5.69 Å². The molecule has 0 radical (unpaired) electrons. The van der Waals surface area contributed by atoms with Crippen LogP contribution in [0.1, 0.15) is 71.0 Å². The van der Waals surface area contributed by atoms with Gasteiger partial charge in [-0.25, -0.2) is 4.98 Å². The molecule has 6 heteroatoms. The summed E-state index contributed by atoms with van der Waals surface area (Å²) in [4.78, 5) is 29.8. The molecule has 1 aromatic heterocycles. The first-order valence-corrected chi connectivity index (χ1v) is 9.73. The maximum absolute atomic E-state index is 12.8. The molecular weight excluding hydrogens is 340 g/mol. The smallest absolute Gasteiger partial charge is 0.287 e. The summed E-state index contributed by atoms with van der Waals surface area (Å²) >= 11 is 0. The Morgan fingerprint density at radius 1 is 1.26 bits per heavy atom. The maximum Gasteiger partial charge on any atom is 0.287 e. The Bertz CT molecular complexity index is 841. The molecule has 2 N–H and O–H groups in total. The lowest BCUT2D eigenvalue weighted by atomic mass is 10.1. The van der Waals surface area contributed by atoms with Crippen LogP contribution in [-0.2, 0) is 19.5 Å². The van der Waals surface area contributed by atoms with E-state index in [1.165, 1.54) is 0 Å². The van der Waals surface area contributed by atoms with Crippen LogP contribution in [0.3, 0.4) is 0 Å². The van der Waals surface area contributed by atoms with E-state index in [4.69, 9.17) is 0 Å². The van der Waals surface area contributed by atoms with E-state index in [1.54, 1.807) is 0 Å². The highest BCUT2D eigenvalue weighted by Crippen LogP contribution is 2.21. The van der Waals surface area contributed by atoms with Gasteiger partial charge in [-0.1, -0.05) is 36.8 Å². The van der Waals surface area contributed by atoms with Gasteiger partial charge < -0.3 is 15.2 Å². The van der Waals surface area contributed by atoms with Gasteiger partial charge in [-0.2, -0.15) is 0 Å². The predicted molar refractivity (Wildman–Crippen MR) is 105 cm³/mol. The zero-order chi connectivity index (χ0) is 19.4. The third-order valence-corrected chi connectivity index (χ3v) is 5.06. The minimum atomic E-state index is -0.218. The molecule has 0 saturated carbocycles. The van der Waals surface area contributed by atoms with Crippen LogP contribution < -0.4 is 10.6 Å². The van der Waals surface area contributed by atoms with Crippen molar-refractivity contribution in [3.63, 3.8) is 0 Å². The van der Waals surface area contributed by atoms with Crippen molar-refractivity contribution in [2.24, 2.45) is 0 Å². The third kappa shape index (κ3) is 4.38. The van der Waals surface area contributed by atoms with Crippen LogP contribution in [-0.4, -0.2) is 27.4 Å². The molecule has 144 valence electrons. The molecule has 0 aliphatic carbocycles. The minimum absolute atomic E-state index is 0.0765. The summed E-state index contributed by atoms with van der Waals surface area (Å²) in [7, 11) is 0. The summed E-state index contributed by atoms with van der Waals surface area (Å²) in [6.45, 7) is 7.20. The highest BCUT2D eigenvalue weighted by Gasteiger charge is 2.27. The van der Waals surface area contributed by atoms with Crippen molar-refractivity contribution in [3.8, 4) is 0 Å². The average molecular weight is 368 g/mol. The van der Waals surface area contributed by atoms with Crippen molar-refractivity contribution >= 4 is 11.8 Å². The van der Waals surface area contributed by atoms with E-state index in [2.05, 4.69) is 15.6 Å². The van der Waals surface area contributed by atoms with Crippen LogP contribution in [0.4, 0.5) is 0 Å². The van der Waals surface area contributed by atoms with Gasteiger partial charge in [-0.15, -0.1) is 0 Å². The van der Waals surface area contributed by atoms with Crippen LogP contribution >= 0.6 is 0 Å². The second-order valence-electron chi connectivity index (χ2n) is 7.29. The lowest BCUT2D eigenvalue weighted by Gasteiger charge is -2.18.